The highest BCUT2D eigenvalue weighted by Crippen LogP contribution is 2.32. The van der Waals surface area contributed by atoms with Gasteiger partial charge in [-0.2, -0.15) is 9.40 Å². The molecule has 0 bridgehead atoms. The number of piperazine rings is 1. The van der Waals surface area contributed by atoms with Crippen molar-refractivity contribution < 1.29 is 8.42 Å². The van der Waals surface area contributed by atoms with E-state index in [-0.39, 0.29) is 9.92 Å². The molecule has 1 fully saturated rings. The molecule has 0 aliphatic carbocycles. The second-order valence-corrected chi connectivity index (χ2v) is 10.4. The molecule has 164 valence electrons. The number of aryl methyl sites for hydroxylation is 2. The summed E-state index contributed by atoms with van der Waals surface area (Å²) in [7, 11) is -3.70. The summed E-state index contributed by atoms with van der Waals surface area (Å²) in [6.45, 7) is 7.69. The van der Waals surface area contributed by atoms with Crippen LogP contribution in [0.5, 0.6) is 0 Å². The molecule has 0 N–H and O–H groups in total. The molecule has 3 aromatic rings. The fraction of sp³-hybridized carbons (Fsp3) is 0.318. The van der Waals surface area contributed by atoms with E-state index >= 15 is 0 Å². The topological polar surface area (TPSA) is 58.4 Å². The molecule has 1 aliphatic heterocycles. The lowest BCUT2D eigenvalue weighted by Crippen LogP contribution is -2.49. The second kappa shape index (κ2) is 8.47. The van der Waals surface area contributed by atoms with Crippen molar-refractivity contribution in [1.82, 2.24) is 14.1 Å². The Kier molecular flexibility index (Phi) is 6.05. The van der Waals surface area contributed by atoms with Crippen LogP contribution in [0.15, 0.2) is 47.4 Å². The summed E-state index contributed by atoms with van der Waals surface area (Å²) in [6, 6.07) is 13.0. The van der Waals surface area contributed by atoms with Crippen molar-refractivity contribution in [2.24, 2.45) is 0 Å². The number of rotatable bonds is 4. The van der Waals surface area contributed by atoms with E-state index in [1.165, 1.54) is 10.4 Å². The van der Waals surface area contributed by atoms with Crippen LogP contribution in [0.4, 0.5) is 5.69 Å². The van der Waals surface area contributed by atoms with Crippen molar-refractivity contribution in [1.29, 1.82) is 0 Å². The van der Waals surface area contributed by atoms with Crippen LogP contribution >= 0.6 is 23.2 Å². The third kappa shape index (κ3) is 4.07. The maximum Gasteiger partial charge on any atom is 0.244 e. The van der Waals surface area contributed by atoms with Crippen LogP contribution in [0.1, 0.15) is 17.0 Å². The summed E-state index contributed by atoms with van der Waals surface area (Å²) in [4.78, 5) is 2.31. The highest BCUT2D eigenvalue weighted by atomic mass is 35.5. The molecule has 1 aromatic heterocycles. The number of nitrogens with zero attached hydrogens (tertiary/aromatic N) is 4. The Hall–Kier alpha value is -2.06. The van der Waals surface area contributed by atoms with Gasteiger partial charge in [0.1, 0.15) is 4.90 Å². The molecule has 1 saturated heterocycles. The van der Waals surface area contributed by atoms with Gasteiger partial charge in [0, 0.05) is 31.2 Å². The van der Waals surface area contributed by atoms with Gasteiger partial charge in [-0.3, -0.25) is 0 Å². The number of halogens is 2. The fourth-order valence-corrected chi connectivity index (χ4v) is 6.26. The molecule has 4 rings (SSSR count). The van der Waals surface area contributed by atoms with Crippen LogP contribution in [-0.4, -0.2) is 48.7 Å². The van der Waals surface area contributed by atoms with Gasteiger partial charge in [0.05, 0.1) is 27.8 Å². The monoisotopic (exact) mass is 478 g/mol. The first-order valence-electron chi connectivity index (χ1n) is 10.0. The Bertz CT molecular complexity index is 1220. The third-order valence-corrected chi connectivity index (χ3v) is 8.41. The molecule has 0 amide bonds. The van der Waals surface area contributed by atoms with Crippen LogP contribution in [0, 0.1) is 20.8 Å². The lowest BCUT2D eigenvalue weighted by molar-refractivity contribution is 0.384. The van der Waals surface area contributed by atoms with Gasteiger partial charge in [-0.15, -0.1) is 0 Å². The smallest absolute Gasteiger partial charge is 0.244 e. The SMILES string of the molecule is Cc1cc(S(=O)(=O)N2CCN(c3c(C)nn(-c4ccccc4)c3C)CC2)c(Cl)cc1Cl. The van der Waals surface area contributed by atoms with Crippen LogP contribution in [-0.2, 0) is 10.0 Å². The first kappa shape index (κ1) is 22.1. The molecule has 0 spiro atoms. The zero-order valence-corrected chi connectivity index (χ0v) is 20.0. The first-order valence-corrected chi connectivity index (χ1v) is 12.2. The number of hydrogen-bond donors (Lipinski definition) is 0. The summed E-state index contributed by atoms with van der Waals surface area (Å²) in [5.74, 6) is 0. The number of aromatic nitrogens is 2. The summed E-state index contributed by atoms with van der Waals surface area (Å²) in [5, 5.41) is 5.31. The molecular weight excluding hydrogens is 455 g/mol. The Balaban J connectivity index is 1.56. The zero-order chi connectivity index (χ0) is 22.3. The predicted molar refractivity (Wildman–Crippen MR) is 125 cm³/mol. The normalized spacial score (nSPS) is 15.5. The van der Waals surface area contributed by atoms with Gasteiger partial charge in [0.15, 0.2) is 0 Å². The van der Waals surface area contributed by atoms with Gasteiger partial charge in [-0.05, 0) is 50.6 Å². The Morgan fingerprint density at radius 3 is 2.19 bits per heavy atom. The van der Waals surface area contributed by atoms with E-state index in [1.807, 2.05) is 48.9 Å². The van der Waals surface area contributed by atoms with Crippen LogP contribution in [0.2, 0.25) is 10.0 Å². The average molecular weight is 479 g/mol. The van der Waals surface area contributed by atoms with Crippen LogP contribution in [0.25, 0.3) is 5.69 Å². The molecule has 6 nitrogen and oxygen atoms in total. The van der Waals surface area contributed by atoms with E-state index in [4.69, 9.17) is 28.3 Å². The number of anilines is 1. The van der Waals surface area contributed by atoms with Gasteiger partial charge in [0.2, 0.25) is 10.0 Å². The highest BCUT2D eigenvalue weighted by Gasteiger charge is 2.32. The minimum Gasteiger partial charge on any atom is -0.366 e. The van der Waals surface area contributed by atoms with Gasteiger partial charge >= 0.3 is 0 Å². The summed E-state index contributed by atoms with van der Waals surface area (Å²) in [5.41, 5.74) is 4.71. The molecule has 2 aromatic carbocycles. The average Bonchev–Trinajstić information content (AvgIpc) is 3.05. The molecule has 0 radical (unpaired) electrons. The molecule has 2 heterocycles. The highest BCUT2D eigenvalue weighted by molar-refractivity contribution is 7.89. The Labute approximate surface area is 193 Å². The van der Waals surface area contributed by atoms with E-state index in [9.17, 15) is 8.42 Å². The summed E-state index contributed by atoms with van der Waals surface area (Å²) >= 11 is 12.3. The van der Waals surface area contributed by atoms with Crippen molar-refractivity contribution in [2.75, 3.05) is 31.1 Å². The van der Waals surface area contributed by atoms with Crippen molar-refractivity contribution in [3.8, 4) is 5.69 Å². The van der Waals surface area contributed by atoms with Crippen LogP contribution in [0.3, 0.4) is 0 Å². The maximum absolute atomic E-state index is 13.2. The number of sulfonamides is 1. The molecule has 0 saturated carbocycles. The van der Waals surface area contributed by atoms with Gasteiger partial charge < -0.3 is 4.90 Å². The van der Waals surface area contributed by atoms with E-state index < -0.39 is 10.0 Å². The quantitative estimate of drug-likeness (QED) is 0.548. The van der Waals surface area contributed by atoms with E-state index in [1.54, 1.807) is 13.0 Å². The summed E-state index contributed by atoms with van der Waals surface area (Å²) < 4.78 is 29.8. The predicted octanol–water partition coefficient (Wildman–Crippen LogP) is 4.62. The molecule has 0 unspecified atom stereocenters. The summed E-state index contributed by atoms with van der Waals surface area (Å²) in [6.07, 6.45) is 0. The van der Waals surface area contributed by atoms with Crippen molar-refractivity contribution in [3.63, 3.8) is 0 Å². The third-order valence-electron chi connectivity index (χ3n) is 5.64. The van der Waals surface area contributed by atoms with Gasteiger partial charge in [-0.25, -0.2) is 13.1 Å². The lowest BCUT2D eigenvalue weighted by atomic mass is 10.2. The largest absolute Gasteiger partial charge is 0.366 e. The number of benzene rings is 2. The maximum atomic E-state index is 13.2. The lowest BCUT2D eigenvalue weighted by Gasteiger charge is -2.35. The molecular formula is C22H24Cl2N4O2S. The minimum absolute atomic E-state index is 0.105. The zero-order valence-electron chi connectivity index (χ0n) is 17.6. The second-order valence-electron chi connectivity index (χ2n) is 7.69. The Morgan fingerprint density at radius 2 is 1.55 bits per heavy atom. The van der Waals surface area contributed by atoms with Crippen molar-refractivity contribution >= 4 is 38.9 Å². The van der Waals surface area contributed by atoms with Crippen molar-refractivity contribution in [3.05, 3.63) is 69.5 Å². The molecule has 31 heavy (non-hydrogen) atoms. The van der Waals surface area contributed by atoms with Crippen LogP contribution < -0.4 is 4.90 Å². The fourth-order valence-electron chi connectivity index (χ4n) is 4.03. The van der Waals surface area contributed by atoms with E-state index in [2.05, 4.69) is 4.90 Å². The molecule has 0 atom stereocenters. The van der Waals surface area contributed by atoms with Crippen molar-refractivity contribution in [2.45, 2.75) is 25.7 Å². The standard InChI is InChI=1S/C22H24Cl2N4O2S/c1-15-13-21(20(24)14-19(15)23)31(29,30)27-11-9-26(10-12-27)22-16(2)25-28(17(22)3)18-7-5-4-6-8-18/h4-8,13-14H,9-12H2,1-3H3. The van der Waals surface area contributed by atoms with E-state index in [0.29, 0.717) is 36.8 Å². The molecule has 1 aliphatic rings. The van der Waals surface area contributed by atoms with E-state index in [0.717, 1.165) is 22.8 Å². The number of para-hydroxylation sites is 1. The Morgan fingerprint density at radius 1 is 0.903 bits per heavy atom. The molecule has 9 heteroatoms. The minimum atomic E-state index is -3.70. The first-order chi connectivity index (χ1) is 14.7. The number of hydrogen-bond acceptors (Lipinski definition) is 4. The van der Waals surface area contributed by atoms with Gasteiger partial charge in [-0.1, -0.05) is 41.4 Å². The van der Waals surface area contributed by atoms with Gasteiger partial charge in [0.25, 0.3) is 0 Å².